The van der Waals surface area contributed by atoms with Gasteiger partial charge in [0, 0.05) is 11.6 Å². The zero-order valence-electron chi connectivity index (χ0n) is 12.5. The lowest BCUT2D eigenvalue weighted by Crippen LogP contribution is -2.13. The van der Waals surface area contributed by atoms with Crippen molar-refractivity contribution in [1.82, 2.24) is 9.78 Å². The average molecular weight is 292 g/mol. The molecule has 0 aliphatic heterocycles. The lowest BCUT2D eigenvalue weighted by Gasteiger charge is -2.04. The van der Waals surface area contributed by atoms with Crippen LogP contribution in [0.2, 0.25) is 0 Å². The first-order valence-electron chi connectivity index (χ1n) is 7.06. The molecule has 0 spiro atoms. The van der Waals surface area contributed by atoms with Gasteiger partial charge in [-0.15, -0.1) is 0 Å². The Kier molecular flexibility index (Phi) is 3.51. The van der Waals surface area contributed by atoms with E-state index in [-0.39, 0.29) is 17.0 Å². The fraction of sp³-hybridized carbons (Fsp3) is 0.111. The second-order valence-corrected chi connectivity index (χ2v) is 5.31. The highest BCUT2D eigenvalue weighted by atomic mass is 16.1. The Hall–Kier alpha value is -2.88. The minimum Gasteiger partial charge on any atom is -0.287 e. The number of aryl methyl sites for hydroxylation is 2. The molecule has 0 saturated carbocycles. The van der Waals surface area contributed by atoms with Gasteiger partial charge in [-0.1, -0.05) is 30.3 Å². The second-order valence-electron chi connectivity index (χ2n) is 5.31. The number of hydrogen-bond acceptors (Lipinski definition) is 2. The third kappa shape index (κ3) is 2.51. The predicted octanol–water partition coefficient (Wildman–Crippen LogP) is 3.01. The zero-order valence-corrected chi connectivity index (χ0v) is 12.5. The van der Waals surface area contributed by atoms with Gasteiger partial charge in [0.25, 0.3) is 5.56 Å². The van der Waals surface area contributed by atoms with E-state index in [0.717, 1.165) is 11.1 Å². The number of para-hydroxylation sites is 1. The van der Waals surface area contributed by atoms with Crippen LogP contribution in [0.25, 0.3) is 5.69 Å². The number of ketones is 1. The van der Waals surface area contributed by atoms with Crippen molar-refractivity contribution < 1.29 is 4.79 Å². The normalized spacial score (nSPS) is 10.6. The molecule has 110 valence electrons. The molecule has 0 saturated heterocycles. The maximum atomic E-state index is 12.5. The molecule has 0 amide bonds. The lowest BCUT2D eigenvalue weighted by molar-refractivity contribution is 0.103. The SMILES string of the molecule is Cc1ccc(C(=O)c2cc(=O)n(-c3ccccc3)[nH]2)cc1C. The van der Waals surface area contributed by atoms with E-state index in [4.69, 9.17) is 0 Å². The van der Waals surface area contributed by atoms with Crippen LogP contribution in [0.3, 0.4) is 0 Å². The Bertz CT molecular complexity index is 889. The molecule has 1 aromatic heterocycles. The molecule has 1 heterocycles. The lowest BCUT2D eigenvalue weighted by atomic mass is 10.0. The van der Waals surface area contributed by atoms with Gasteiger partial charge in [-0.25, -0.2) is 4.68 Å². The summed E-state index contributed by atoms with van der Waals surface area (Å²) in [6.07, 6.45) is 0. The average Bonchev–Trinajstić information content (AvgIpc) is 2.92. The molecule has 0 atom stereocenters. The van der Waals surface area contributed by atoms with Crippen molar-refractivity contribution in [3.63, 3.8) is 0 Å². The topological polar surface area (TPSA) is 54.9 Å². The summed E-state index contributed by atoms with van der Waals surface area (Å²) in [6, 6.07) is 16.0. The third-order valence-corrected chi connectivity index (χ3v) is 3.75. The Morgan fingerprint density at radius 3 is 2.36 bits per heavy atom. The molecule has 4 nitrogen and oxygen atoms in total. The van der Waals surface area contributed by atoms with Crippen molar-refractivity contribution in [3.05, 3.63) is 87.3 Å². The van der Waals surface area contributed by atoms with Gasteiger partial charge in [-0.3, -0.25) is 14.7 Å². The first-order chi connectivity index (χ1) is 10.6. The fourth-order valence-electron chi connectivity index (χ4n) is 2.32. The highest BCUT2D eigenvalue weighted by Gasteiger charge is 2.14. The van der Waals surface area contributed by atoms with Crippen molar-refractivity contribution in [3.8, 4) is 5.69 Å². The van der Waals surface area contributed by atoms with Gasteiger partial charge in [0.1, 0.15) is 5.69 Å². The van der Waals surface area contributed by atoms with Crippen molar-refractivity contribution in [1.29, 1.82) is 0 Å². The van der Waals surface area contributed by atoms with Gasteiger partial charge < -0.3 is 0 Å². The molecule has 3 aromatic rings. The minimum absolute atomic E-state index is 0.185. The molecular weight excluding hydrogens is 276 g/mol. The summed E-state index contributed by atoms with van der Waals surface area (Å²) in [4.78, 5) is 24.6. The Labute approximate surface area is 128 Å². The van der Waals surface area contributed by atoms with E-state index in [1.54, 1.807) is 6.07 Å². The first-order valence-corrected chi connectivity index (χ1v) is 7.06. The number of aromatic amines is 1. The number of rotatable bonds is 3. The molecule has 0 radical (unpaired) electrons. The van der Waals surface area contributed by atoms with E-state index >= 15 is 0 Å². The summed E-state index contributed by atoms with van der Waals surface area (Å²) in [5.41, 5.74) is 3.49. The first kappa shape index (κ1) is 14.1. The zero-order chi connectivity index (χ0) is 15.7. The van der Waals surface area contributed by atoms with E-state index in [9.17, 15) is 9.59 Å². The van der Waals surface area contributed by atoms with Gasteiger partial charge in [0.2, 0.25) is 5.78 Å². The van der Waals surface area contributed by atoms with Crippen LogP contribution >= 0.6 is 0 Å². The van der Waals surface area contributed by atoms with Crippen LogP contribution < -0.4 is 5.56 Å². The van der Waals surface area contributed by atoms with E-state index in [2.05, 4.69) is 5.10 Å². The highest BCUT2D eigenvalue weighted by Crippen LogP contribution is 2.13. The van der Waals surface area contributed by atoms with Crippen LogP contribution in [-0.2, 0) is 0 Å². The van der Waals surface area contributed by atoms with E-state index in [0.29, 0.717) is 11.3 Å². The van der Waals surface area contributed by atoms with Crippen molar-refractivity contribution in [2.75, 3.05) is 0 Å². The van der Waals surface area contributed by atoms with E-state index in [1.807, 2.05) is 56.3 Å². The van der Waals surface area contributed by atoms with Gasteiger partial charge >= 0.3 is 0 Å². The molecule has 0 aliphatic carbocycles. The van der Waals surface area contributed by atoms with Crippen molar-refractivity contribution >= 4 is 5.78 Å². The van der Waals surface area contributed by atoms with Gasteiger partial charge in [-0.05, 0) is 43.2 Å². The number of carbonyl (C=O) groups is 1. The standard InChI is InChI=1S/C18H16N2O2/c1-12-8-9-14(10-13(12)2)18(22)16-11-17(21)20(19-16)15-6-4-3-5-7-15/h3-11,19H,1-2H3. The van der Waals surface area contributed by atoms with Crippen LogP contribution in [-0.4, -0.2) is 15.6 Å². The summed E-state index contributed by atoms with van der Waals surface area (Å²) in [5, 5.41) is 2.88. The molecule has 4 heteroatoms. The summed E-state index contributed by atoms with van der Waals surface area (Å²) in [5.74, 6) is -0.185. The maximum absolute atomic E-state index is 12.5. The van der Waals surface area contributed by atoms with Crippen LogP contribution in [0.15, 0.2) is 59.4 Å². The number of hydrogen-bond donors (Lipinski definition) is 1. The van der Waals surface area contributed by atoms with Gasteiger partial charge in [-0.2, -0.15) is 0 Å². The molecule has 0 fully saturated rings. The Balaban J connectivity index is 2.01. The number of aromatic nitrogens is 2. The van der Waals surface area contributed by atoms with Crippen LogP contribution in [0.1, 0.15) is 27.2 Å². The molecule has 3 rings (SSSR count). The molecule has 0 bridgehead atoms. The van der Waals surface area contributed by atoms with Crippen molar-refractivity contribution in [2.24, 2.45) is 0 Å². The summed E-state index contributed by atoms with van der Waals surface area (Å²) < 4.78 is 1.37. The van der Waals surface area contributed by atoms with Crippen LogP contribution in [0.4, 0.5) is 0 Å². The smallest absolute Gasteiger partial charge is 0.271 e. The summed E-state index contributed by atoms with van der Waals surface area (Å²) >= 11 is 0. The van der Waals surface area contributed by atoms with Crippen LogP contribution in [0, 0.1) is 13.8 Å². The van der Waals surface area contributed by atoms with Gasteiger partial charge in [0.15, 0.2) is 0 Å². The second kappa shape index (κ2) is 5.48. The van der Waals surface area contributed by atoms with Crippen molar-refractivity contribution in [2.45, 2.75) is 13.8 Å². The molecule has 22 heavy (non-hydrogen) atoms. The molecule has 1 N–H and O–H groups in total. The predicted molar refractivity (Wildman–Crippen MR) is 85.7 cm³/mol. The summed E-state index contributed by atoms with van der Waals surface area (Å²) in [6.45, 7) is 3.96. The number of nitrogens with zero attached hydrogens (tertiary/aromatic N) is 1. The highest BCUT2D eigenvalue weighted by molar-refractivity contribution is 6.07. The fourth-order valence-corrected chi connectivity index (χ4v) is 2.32. The number of carbonyl (C=O) groups excluding carboxylic acids is 1. The van der Waals surface area contributed by atoms with E-state index in [1.165, 1.54) is 10.7 Å². The number of nitrogens with one attached hydrogen (secondary N) is 1. The molecule has 0 aliphatic rings. The maximum Gasteiger partial charge on any atom is 0.271 e. The molecule has 0 unspecified atom stereocenters. The minimum atomic E-state index is -0.251. The Morgan fingerprint density at radius 2 is 1.68 bits per heavy atom. The number of benzene rings is 2. The molecular formula is C18H16N2O2. The quantitative estimate of drug-likeness (QED) is 0.754. The largest absolute Gasteiger partial charge is 0.287 e. The number of H-pyrrole nitrogens is 1. The Morgan fingerprint density at radius 1 is 0.955 bits per heavy atom. The summed E-state index contributed by atoms with van der Waals surface area (Å²) in [7, 11) is 0. The third-order valence-electron chi connectivity index (χ3n) is 3.75. The molecule has 2 aromatic carbocycles. The van der Waals surface area contributed by atoms with Gasteiger partial charge in [0.05, 0.1) is 5.69 Å². The monoisotopic (exact) mass is 292 g/mol. The van der Waals surface area contributed by atoms with Crippen LogP contribution in [0.5, 0.6) is 0 Å². The van der Waals surface area contributed by atoms with E-state index < -0.39 is 0 Å².